The minimum Gasteiger partial charge on any atom is -0.504 e. The highest BCUT2D eigenvalue weighted by atomic mass is 35.5. The summed E-state index contributed by atoms with van der Waals surface area (Å²) in [6.45, 7) is 7.24. The second-order valence-electron chi connectivity index (χ2n) is 29.7. The molecule has 638 valence electrons. The molecular weight excluding hydrogens is 1750 g/mol. The Morgan fingerprint density at radius 1 is 0.561 bits per heavy atom. The van der Waals surface area contributed by atoms with E-state index in [0.717, 1.165) is 28.2 Å². The quantitative estimate of drug-likeness (QED) is 0.0312. The first-order valence-corrected chi connectivity index (χ1v) is 44.0. The molecule has 9 heterocycles. The fourth-order valence-corrected chi connectivity index (χ4v) is 18.4. The van der Waals surface area contributed by atoms with E-state index in [4.69, 9.17) is 78.4 Å². The van der Waals surface area contributed by atoms with Gasteiger partial charge < -0.3 is 69.3 Å². The number of furan rings is 2. The number of aromatic hydroxyl groups is 1. The lowest BCUT2D eigenvalue weighted by molar-refractivity contribution is -0.140. The number of aliphatic carboxylic acids is 3. The second kappa shape index (κ2) is 37.1. The Bertz CT molecular complexity index is 6490. The SMILES string of the molecule is CC(C)c1cccc(C[C@H](NC(=O)c2c(Cl)cc3c(c2Cl)CCN(C(=O)c2cn4cccc(O)c4n2)C3)C(=O)O)c1.CCS(=O)(=O)c1cccc(C[C@H](NC(=O)c2c(Cl)cc3c(c2Cl)CCN(C(=O)c2ccc4ccoc4c2)C3)C(=O)O)c1.CS(=O)(=O)c1ccc(C[C@H](NC(=O)c2c(Cl)cc3c(c2Cl)CCN(C(=O)c2cc4cccnc4[nH]2)C3)C(=O)O)o1. The molecule has 37 heteroatoms. The molecule has 0 fully saturated rings. The van der Waals surface area contributed by atoms with Crippen LogP contribution in [0.2, 0.25) is 30.1 Å². The van der Waals surface area contributed by atoms with Gasteiger partial charge in [0.25, 0.3) is 35.4 Å². The van der Waals surface area contributed by atoms with E-state index >= 15 is 0 Å². The molecule has 3 aliphatic heterocycles. The van der Waals surface area contributed by atoms with E-state index in [-0.39, 0.29) is 148 Å². The van der Waals surface area contributed by atoms with E-state index in [1.165, 1.54) is 43.3 Å². The summed E-state index contributed by atoms with van der Waals surface area (Å²) in [5.74, 6) is -6.64. The van der Waals surface area contributed by atoms with Crippen molar-refractivity contribution < 1.29 is 89.2 Å². The fourth-order valence-electron chi connectivity index (χ4n) is 14.6. The highest BCUT2D eigenvalue weighted by Gasteiger charge is 2.36. The number of carboxylic acid groups (broad SMARTS) is 3. The number of aromatic nitrogens is 4. The van der Waals surface area contributed by atoms with Crippen LogP contribution in [0.5, 0.6) is 5.75 Å². The molecule has 6 aromatic heterocycles. The number of H-pyrrole nitrogens is 1. The average molecular weight is 1830 g/mol. The van der Waals surface area contributed by atoms with Crippen LogP contribution in [0.25, 0.3) is 27.6 Å². The molecule has 29 nitrogen and oxygen atoms in total. The third-order valence-corrected chi connectivity index (χ3v) is 25.9. The van der Waals surface area contributed by atoms with Crippen LogP contribution in [-0.4, -0.2) is 174 Å². The molecule has 8 N–H and O–H groups in total. The molecule has 0 aliphatic carbocycles. The Hall–Kier alpha value is -11.8. The predicted octanol–water partition coefficient (Wildman–Crippen LogP) is 13.7. The molecule has 123 heavy (non-hydrogen) atoms. The van der Waals surface area contributed by atoms with Crippen molar-refractivity contribution in [3.05, 3.63) is 278 Å². The summed E-state index contributed by atoms with van der Waals surface area (Å²) in [5, 5.41) is 48.6. The second-order valence-corrected chi connectivity index (χ2v) is 36.3. The minimum atomic E-state index is -3.62. The molecule has 15 rings (SSSR count). The molecule has 0 saturated carbocycles. The van der Waals surface area contributed by atoms with Crippen molar-refractivity contribution in [1.82, 2.24) is 50.0 Å². The summed E-state index contributed by atoms with van der Waals surface area (Å²) in [5.41, 5.74) is 8.69. The van der Waals surface area contributed by atoms with Crippen LogP contribution < -0.4 is 16.0 Å². The highest BCUT2D eigenvalue weighted by molar-refractivity contribution is 7.91. The molecule has 3 atom stereocenters. The first kappa shape index (κ1) is 89.0. The molecule has 6 aromatic carbocycles. The lowest BCUT2D eigenvalue weighted by Crippen LogP contribution is -2.42. The number of carbonyl (C=O) groups excluding carboxylic acids is 6. The van der Waals surface area contributed by atoms with Gasteiger partial charge in [0.2, 0.25) is 14.9 Å². The molecule has 0 unspecified atom stereocenters. The zero-order chi connectivity index (χ0) is 88.4. The van der Waals surface area contributed by atoms with Crippen molar-refractivity contribution in [3.8, 4) is 5.75 Å². The van der Waals surface area contributed by atoms with Crippen molar-refractivity contribution >= 4 is 170 Å². The van der Waals surface area contributed by atoms with Crippen LogP contribution in [0.15, 0.2) is 177 Å². The summed E-state index contributed by atoms with van der Waals surface area (Å²) >= 11 is 39.4. The number of benzene rings is 6. The first-order valence-electron chi connectivity index (χ1n) is 38.2. The van der Waals surface area contributed by atoms with E-state index in [1.54, 1.807) is 98.6 Å². The van der Waals surface area contributed by atoms with Crippen LogP contribution in [0.4, 0.5) is 0 Å². The van der Waals surface area contributed by atoms with E-state index in [9.17, 15) is 80.4 Å². The maximum atomic E-state index is 13.3. The molecule has 0 spiro atoms. The molecule has 0 saturated heterocycles. The van der Waals surface area contributed by atoms with Crippen LogP contribution in [-0.2, 0) is 92.2 Å². The Morgan fingerprint density at radius 3 is 1.59 bits per heavy atom. The number of rotatable bonds is 22. The summed E-state index contributed by atoms with van der Waals surface area (Å²) < 4.78 is 60.0. The maximum absolute atomic E-state index is 13.3. The number of imidazole rings is 1. The molecular formula is C86H76Cl6N10O19S2. The highest BCUT2D eigenvalue weighted by Crippen LogP contribution is 2.40. The van der Waals surface area contributed by atoms with Gasteiger partial charge >= 0.3 is 17.9 Å². The smallest absolute Gasteiger partial charge is 0.326 e. The third kappa shape index (κ3) is 19.8. The number of fused-ring (bicyclic) bond motifs is 6. The Balaban J connectivity index is 0.000000159. The number of hydrogen-bond acceptors (Lipinski definition) is 18. The Kier molecular flexibility index (Phi) is 26.8. The molecule has 0 radical (unpaired) electrons. The first-order chi connectivity index (χ1) is 58.4. The van der Waals surface area contributed by atoms with Crippen LogP contribution in [0, 0.1) is 0 Å². The normalized spacial score (nSPS) is 13.9. The van der Waals surface area contributed by atoms with Crippen LogP contribution in [0.3, 0.4) is 0 Å². The van der Waals surface area contributed by atoms with Crippen LogP contribution >= 0.6 is 69.6 Å². The number of carbonyl (C=O) groups is 9. The van der Waals surface area contributed by atoms with E-state index in [1.807, 2.05) is 42.5 Å². The van der Waals surface area contributed by atoms with Crippen molar-refractivity contribution in [3.63, 3.8) is 0 Å². The topological polar surface area (TPSA) is 421 Å². The Morgan fingerprint density at radius 2 is 1.08 bits per heavy atom. The number of nitrogens with zero attached hydrogens (tertiary/aromatic N) is 6. The van der Waals surface area contributed by atoms with Crippen molar-refractivity contribution in [2.75, 3.05) is 31.6 Å². The summed E-state index contributed by atoms with van der Waals surface area (Å²) in [7, 11) is -7.11. The molecule has 12 aromatic rings. The number of sulfone groups is 2. The average Bonchev–Trinajstić information content (AvgIpc) is 1.69. The van der Waals surface area contributed by atoms with Gasteiger partial charge in [0.1, 0.15) is 46.5 Å². The number of nitrogens with one attached hydrogen (secondary N) is 4. The van der Waals surface area contributed by atoms with Crippen LogP contribution in [0.1, 0.15) is 145 Å². The largest absolute Gasteiger partial charge is 0.504 e. The van der Waals surface area contributed by atoms with E-state index < -0.39 is 73.4 Å². The number of amides is 6. The van der Waals surface area contributed by atoms with Gasteiger partial charge in [-0.05, 0) is 166 Å². The van der Waals surface area contributed by atoms with Gasteiger partial charge in [-0.1, -0.05) is 133 Å². The van der Waals surface area contributed by atoms with Gasteiger partial charge in [-0.15, -0.1) is 0 Å². The standard InChI is InChI=1S/C30H28Cl2N4O5.C30H26Cl2N2O7S.C26H22Cl2N4O7S/c1-16(2)18-6-3-5-17(11-18)12-22(30(40)41)34-28(38)25-21(31)13-19-14-36(10-8-20(19)26(25)32)29(39)23-15-35-9-4-7-24(37)27(35)33-23;1-2-42(39,40)21-5-3-4-17(12-21)13-24(30(37)38)33-28(35)26-23(31)14-20-16-34(10-8-22(20)27(26)32)29(36)19-7-6-18-9-11-41-25(18)15-19;1-40(37,38)20-5-4-15(39-20)11-19(26(35)36)31-24(33)21-17(27)9-14-12-32(8-6-16(14)22(21)28)25(34)18-10-13-3-2-7-29-23(13)30-18/h3-7,9,11,13,15-16,22,37H,8,10,12,14H2,1-2H3,(H,34,38)(H,40,41);3-7,9,11-12,14-15,24H,2,8,10,13,16H2,1H3,(H,33,35)(H,37,38);2-5,7,9-10,19H,6,8,11-12H2,1H3,(H,29,30)(H,31,33)(H,35,36)/t22-;24-;19-/m000/s1. The zero-order valence-electron chi connectivity index (χ0n) is 65.7. The molecule has 0 bridgehead atoms. The van der Waals surface area contributed by atoms with Gasteiger partial charge in [-0.25, -0.2) is 41.2 Å². The van der Waals surface area contributed by atoms with Crippen molar-refractivity contribution in [2.24, 2.45) is 0 Å². The molecule has 6 amide bonds. The van der Waals surface area contributed by atoms with Gasteiger partial charge in [0.05, 0.1) is 63.7 Å². The van der Waals surface area contributed by atoms with E-state index in [0.29, 0.717) is 100 Å². The fraction of sp³-hybridized carbons (Fsp3) is 0.244. The minimum absolute atomic E-state index is 0.00451. The summed E-state index contributed by atoms with van der Waals surface area (Å²) in [6, 6.07) is 32.4. The van der Waals surface area contributed by atoms with Crippen molar-refractivity contribution in [1.29, 1.82) is 0 Å². The summed E-state index contributed by atoms with van der Waals surface area (Å²) in [6.07, 6.45) is 8.09. The maximum Gasteiger partial charge on any atom is 0.326 e. The number of aromatic amines is 1. The van der Waals surface area contributed by atoms with Gasteiger partial charge in [0.15, 0.2) is 21.2 Å². The summed E-state index contributed by atoms with van der Waals surface area (Å²) in [4.78, 5) is 132. The zero-order valence-corrected chi connectivity index (χ0v) is 71.9. The lowest BCUT2D eigenvalue weighted by Gasteiger charge is -2.30. The van der Waals surface area contributed by atoms with Gasteiger partial charge in [-0.3, -0.25) is 28.8 Å². The van der Waals surface area contributed by atoms with Gasteiger partial charge in [0, 0.05) is 99.7 Å². The lowest BCUT2D eigenvalue weighted by atomic mass is 9.95. The number of carboxylic acids is 3. The number of hydrogen-bond donors (Lipinski definition) is 8. The number of halogens is 6. The number of pyridine rings is 2. The van der Waals surface area contributed by atoms with Crippen molar-refractivity contribution in [2.45, 2.75) is 113 Å². The molecule has 3 aliphatic rings. The van der Waals surface area contributed by atoms with E-state index in [2.05, 4.69) is 44.7 Å². The predicted molar refractivity (Wildman–Crippen MR) is 458 cm³/mol. The monoisotopic (exact) mass is 1830 g/mol. The third-order valence-electron chi connectivity index (χ3n) is 21.1. The Labute approximate surface area is 732 Å². The van der Waals surface area contributed by atoms with Gasteiger partial charge in [-0.2, -0.15) is 0 Å².